The molecule has 6 nitrogen and oxygen atoms in total. The molecule has 2 unspecified atom stereocenters. The maximum Gasteiger partial charge on any atom is 0.266 e. The number of carbonyl (C=O) groups excluding carboxylic acids is 1. The van der Waals surface area contributed by atoms with Crippen LogP contribution in [0.5, 0.6) is 0 Å². The van der Waals surface area contributed by atoms with Crippen LogP contribution in [-0.2, 0) is 14.9 Å². The van der Waals surface area contributed by atoms with Crippen LogP contribution in [0.4, 0.5) is 0 Å². The lowest BCUT2D eigenvalue weighted by atomic mass is 10.0. The highest BCUT2D eigenvalue weighted by Crippen LogP contribution is 2.15. The summed E-state index contributed by atoms with van der Waals surface area (Å²) in [5.41, 5.74) is 0. The van der Waals surface area contributed by atoms with Gasteiger partial charge in [0.2, 0.25) is 5.91 Å². The summed E-state index contributed by atoms with van der Waals surface area (Å²) in [5.74, 6) is -0.888. The molecule has 7 heteroatoms. The molecule has 240 valence electrons. The average molecular weight is 590 g/mol. The van der Waals surface area contributed by atoms with E-state index in [-0.39, 0.29) is 5.91 Å². The Morgan fingerprint density at radius 2 is 0.900 bits per heavy atom. The minimum absolute atomic E-state index is 0.245. The van der Waals surface area contributed by atoms with Crippen LogP contribution in [0.1, 0.15) is 187 Å². The van der Waals surface area contributed by atoms with E-state index >= 15 is 0 Å². The molecule has 40 heavy (non-hydrogen) atoms. The molecule has 0 heterocycles. The molecule has 0 saturated carbocycles. The lowest BCUT2D eigenvalue weighted by Gasteiger charge is -2.23. The van der Waals surface area contributed by atoms with Crippen LogP contribution >= 0.6 is 0 Å². The van der Waals surface area contributed by atoms with E-state index in [1.807, 2.05) is 0 Å². The van der Waals surface area contributed by atoms with Gasteiger partial charge in [-0.15, -0.1) is 0 Å². The zero-order valence-corrected chi connectivity index (χ0v) is 27.3. The fourth-order valence-corrected chi connectivity index (χ4v) is 6.21. The number of unbranched alkanes of at least 4 members (excludes halogenated alkanes) is 23. The van der Waals surface area contributed by atoms with E-state index in [0.717, 1.165) is 38.5 Å². The van der Waals surface area contributed by atoms with Gasteiger partial charge in [-0.1, -0.05) is 168 Å². The molecular formula is C33H67NO5S. The smallest absolute Gasteiger partial charge is 0.266 e. The maximum absolute atomic E-state index is 12.4. The summed E-state index contributed by atoms with van der Waals surface area (Å²) >= 11 is 0. The first kappa shape index (κ1) is 39.3. The molecule has 0 bridgehead atoms. The second kappa shape index (κ2) is 28.5. The molecular weight excluding hydrogens is 522 g/mol. The van der Waals surface area contributed by atoms with Crippen LogP contribution in [0.25, 0.3) is 0 Å². The highest BCUT2D eigenvalue weighted by molar-refractivity contribution is 7.85. The van der Waals surface area contributed by atoms with Crippen molar-refractivity contribution in [1.29, 1.82) is 0 Å². The topological polar surface area (TPSA) is 104 Å². The van der Waals surface area contributed by atoms with Crippen molar-refractivity contribution in [3.63, 3.8) is 0 Å². The third-order valence-corrected chi connectivity index (χ3v) is 8.84. The van der Waals surface area contributed by atoms with E-state index in [2.05, 4.69) is 19.2 Å². The summed E-state index contributed by atoms with van der Waals surface area (Å²) < 4.78 is 32.2. The Balaban J connectivity index is 3.87. The molecule has 0 aliphatic rings. The monoisotopic (exact) mass is 589 g/mol. The van der Waals surface area contributed by atoms with Gasteiger partial charge >= 0.3 is 0 Å². The second-order valence-corrected chi connectivity index (χ2v) is 13.7. The summed E-state index contributed by atoms with van der Waals surface area (Å²) in [6.07, 6.45) is 30.5. The van der Waals surface area contributed by atoms with Crippen LogP contribution in [0, 0.1) is 0 Å². The predicted octanol–water partition coefficient (Wildman–Crippen LogP) is 9.29. The van der Waals surface area contributed by atoms with Gasteiger partial charge in [-0.2, -0.15) is 8.42 Å². The van der Waals surface area contributed by atoms with E-state index in [1.165, 1.54) is 122 Å². The van der Waals surface area contributed by atoms with E-state index in [0.29, 0.717) is 12.8 Å². The molecule has 0 aromatic rings. The molecule has 1 amide bonds. The molecule has 3 N–H and O–H groups in total. The molecule has 0 spiro atoms. The zero-order valence-electron chi connectivity index (χ0n) is 26.5. The van der Waals surface area contributed by atoms with E-state index in [1.54, 1.807) is 0 Å². The summed E-state index contributed by atoms with van der Waals surface area (Å²) in [4.78, 5) is 12.4. The Morgan fingerprint density at radius 3 is 1.25 bits per heavy atom. The lowest BCUT2D eigenvalue weighted by molar-refractivity contribution is -0.122. The number of rotatable bonds is 31. The normalized spacial score (nSPS) is 13.4. The number of nitrogens with one attached hydrogen (secondary N) is 1. The number of aliphatic hydroxyl groups excluding tert-OH is 1. The van der Waals surface area contributed by atoms with Gasteiger partial charge in [-0.25, -0.2) is 0 Å². The van der Waals surface area contributed by atoms with Crippen molar-refractivity contribution >= 4 is 16.0 Å². The van der Waals surface area contributed by atoms with Crippen LogP contribution in [0.15, 0.2) is 0 Å². The minimum Gasteiger partial charge on any atom is -0.391 e. The predicted molar refractivity (Wildman–Crippen MR) is 170 cm³/mol. The Morgan fingerprint density at radius 1 is 0.575 bits per heavy atom. The van der Waals surface area contributed by atoms with E-state index in [9.17, 15) is 22.9 Å². The highest BCUT2D eigenvalue weighted by atomic mass is 32.2. The second-order valence-electron chi connectivity index (χ2n) is 12.2. The summed E-state index contributed by atoms with van der Waals surface area (Å²) in [5, 5.41) is 13.2. The first-order chi connectivity index (χ1) is 19.3. The van der Waals surface area contributed by atoms with Crippen molar-refractivity contribution in [2.24, 2.45) is 0 Å². The van der Waals surface area contributed by atoms with Gasteiger partial charge in [0, 0.05) is 6.42 Å². The Bertz CT molecular complexity index is 655. The first-order valence-electron chi connectivity index (χ1n) is 17.2. The molecule has 0 fully saturated rings. The summed E-state index contributed by atoms with van der Waals surface area (Å²) in [6, 6.07) is -0.961. The highest BCUT2D eigenvalue weighted by Gasteiger charge is 2.26. The molecule has 0 aromatic carbocycles. The van der Waals surface area contributed by atoms with Gasteiger partial charge in [0.05, 0.1) is 17.9 Å². The summed E-state index contributed by atoms with van der Waals surface area (Å²) in [7, 11) is -4.29. The number of carbonyl (C=O) groups is 1. The van der Waals surface area contributed by atoms with Gasteiger partial charge < -0.3 is 10.4 Å². The lowest BCUT2D eigenvalue weighted by Crippen LogP contribution is -2.47. The SMILES string of the molecule is CCCCCCCCCCCCCCCCCCC(=O)NC(CS(=O)(=O)O)C(O)CCCCCCCCCCC. The van der Waals surface area contributed by atoms with Crippen LogP contribution in [0.3, 0.4) is 0 Å². The fraction of sp³-hybridized carbons (Fsp3) is 0.970. The molecule has 0 saturated heterocycles. The van der Waals surface area contributed by atoms with Crippen LogP contribution in [0.2, 0.25) is 0 Å². The van der Waals surface area contributed by atoms with Gasteiger partial charge in [0.1, 0.15) is 0 Å². The van der Waals surface area contributed by atoms with Gasteiger partial charge in [-0.3, -0.25) is 9.35 Å². The zero-order chi connectivity index (χ0) is 29.7. The van der Waals surface area contributed by atoms with Crippen molar-refractivity contribution in [2.45, 2.75) is 199 Å². The van der Waals surface area contributed by atoms with Crippen molar-refractivity contribution < 1.29 is 22.9 Å². The minimum atomic E-state index is -4.29. The van der Waals surface area contributed by atoms with E-state index < -0.39 is 28.0 Å². The fourth-order valence-electron chi connectivity index (χ4n) is 5.45. The largest absolute Gasteiger partial charge is 0.391 e. The maximum atomic E-state index is 12.4. The van der Waals surface area contributed by atoms with Gasteiger partial charge in [-0.05, 0) is 12.8 Å². The quantitative estimate of drug-likeness (QED) is 0.0552. The molecule has 0 aromatic heterocycles. The van der Waals surface area contributed by atoms with Gasteiger partial charge in [0.25, 0.3) is 10.1 Å². The van der Waals surface area contributed by atoms with E-state index in [4.69, 9.17) is 0 Å². The number of hydrogen-bond acceptors (Lipinski definition) is 4. The molecule has 0 radical (unpaired) electrons. The van der Waals surface area contributed by atoms with Crippen molar-refractivity contribution in [3.8, 4) is 0 Å². The van der Waals surface area contributed by atoms with Crippen LogP contribution in [-0.4, -0.2) is 41.9 Å². The van der Waals surface area contributed by atoms with Crippen molar-refractivity contribution in [2.75, 3.05) is 5.75 Å². The Hall–Kier alpha value is -0.660. The first-order valence-corrected chi connectivity index (χ1v) is 18.8. The third kappa shape index (κ3) is 28.9. The average Bonchev–Trinajstić information content (AvgIpc) is 2.90. The molecule has 2 atom stereocenters. The molecule has 0 rings (SSSR count). The summed E-state index contributed by atoms with van der Waals surface area (Å²) in [6.45, 7) is 4.48. The standard InChI is InChI=1S/C33H67NO5S/c1-3-5-7-9-11-13-14-15-16-17-18-19-21-23-25-27-29-33(36)34-31(30-40(37,38)39)32(35)28-26-24-22-20-12-10-8-6-4-2/h31-32,35H,3-30H2,1-2H3,(H,34,36)(H,37,38,39). The number of amides is 1. The van der Waals surface area contributed by atoms with Gasteiger partial charge in [0.15, 0.2) is 0 Å². The Labute approximate surface area is 249 Å². The molecule has 0 aliphatic carbocycles. The molecule has 0 aliphatic heterocycles. The van der Waals surface area contributed by atoms with Crippen LogP contribution < -0.4 is 5.32 Å². The number of hydrogen-bond donors (Lipinski definition) is 3. The van der Waals surface area contributed by atoms with Crippen molar-refractivity contribution in [1.82, 2.24) is 5.32 Å². The number of aliphatic hydroxyl groups is 1. The van der Waals surface area contributed by atoms with Crippen molar-refractivity contribution in [3.05, 3.63) is 0 Å². The third-order valence-electron chi connectivity index (χ3n) is 8.06. The Kier molecular flexibility index (Phi) is 28.0.